The van der Waals surface area contributed by atoms with E-state index in [0.29, 0.717) is 11.0 Å². The van der Waals surface area contributed by atoms with Gasteiger partial charge in [-0.3, -0.25) is 4.79 Å². The molecule has 20 heavy (non-hydrogen) atoms. The average Bonchev–Trinajstić information content (AvgIpc) is 2.94. The Labute approximate surface area is 126 Å². The number of nitrogens with zero attached hydrogens (tertiary/aromatic N) is 1. The molecule has 106 valence electrons. The number of amides is 1. The number of thiazole rings is 1. The number of hydrogen-bond donors (Lipinski definition) is 2. The van der Waals surface area contributed by atoms with Crippen molar-refractivity contribution in [2.45, 2.75) is 18.1 Å². The number of fused-ring (bicyclic) bond motifs is 1. The van der Waals surface area contributed by atoms with Crippen LogP contribution in [0.25, 0.3) is 10.2 Å². The van der Waals surface area contributed by atoms with Gasteiger partial charge in [-0.1, -0.05) is 0 Å². The van der Waals surface area contributed by atoms with Crippen LogP contribution in [0.1, 0.15) is 12.8 Å². The van der Waals surface area contributed by atoms with Crippen LogP contribution in [0.4, 0.5) is 5.69 Å². The van der Waals surface area contributed by atoms with E-state index in [4.69, 9.17) is 0 Å². The number of piperidine rings is 1. The summed E-state index contributed by atoms with van der Waals surface area (Å²) in [5.74, 6) is 0.614. The SMILES string of the molecule is O=C(CSC1CCNCC1)Nc1ccc2ncsc2c1. The molecule has 1 amide bonds. The van der Waals surface area contributed by atoms with Crippen LogP contribution >= 0.6 is 23.1 Å². The highest BCUT2D eigenvalue weighted by molar-refractivity contribution is 8.00. The van der Waals surface area contributed by atoms with Gasteiger partial charge in [-0.15, -0.1) is 23.1 Å². The molecule has 6 heteroatoms. The number of carbonyl (C=O) groups excluding carboxylic acids is 1. The monoisotopic (exact) mass is 307 g/mol. The van der Waals surface area contributed by atoms with E-state index >= 15 is 0 Å². The molecule has 1 aromatic heterocycles. The summed E-state index contributed by atoms with van der Waals surface area (Å²) in [6.45, 7) is 2.14. The second-order valence-electron chi connectivity index (χ2n) is 4.84. The Morgan fingerprint density at radius 3 is 3.15 bits per heavy atom. The lowest BCUT2D eigenvalue weighted by molar-refractivity contribution is -0.113. The number of aromatic nitrogens is 1. The van der Waals surface area contributed by atoms with Crippen molar-refractivity contribution in [1.29, 1.82) is 0 Å². The smallest absolute Gasteiger partial charge is 0.234 e. The maximum atomic E-state index is 12.0. The summed E-state index contributed by atoms with van der Waals surface area (Å²) >= 11 is 3.36. The Hall–Kier alpha value is -1.11. The van der Waals surface area contributed by atoms with Gasteiger partial charge in [0.05, 0.1) is 21.5 Å². The molecule has 1 aromatic carbocycles. The van der Waals surface area contributed by atoms with Crippen LogP contribution < -0.4 is 10.6 Å². The second-order valence-corrected chi connectivity index (χ2v) is 7.02. The zero-order chi connectivity index (χ0) is 13.8. The van der Waals surface area contributed by atoms with Gasteiger partial charge in [0.25, 0.3) is 0 Å². The first-order valence-electron chi connectivity index (χ1n) is 6.77. The maximum absolute atomic E-state index is 12.0. The van der Waals surface area contributed by atoms with Crippen LogP contribution in [0.2, 0.25) is 0 Å². The molecule has 0 aliphatic carbocycles. The summed E-state index contributed by atoms with van der Waals surface area (Å²) in [5, 5.41) is 6.92. The fraction of sp³-hybridized carbons (Fsp3) is 0.429. The van der Waals surface area contributed by atoms with Gasteiger partial charge in [-0.05, 0) is 44.1 Å². The van der Waals surface area contributed by atoms with E-state index in [0.717, 1.165) is 41.8 Å². The van der Waals surface area contributed by atoms with Crippen LogP contribution in [-0.4, -0.2) is 35.0 Å². The predicted octanol–water partition coefficient (Wildman–Crippen LogP) is 2.72. The van der Waals surface area contributed by atoms with E-state index in [1.165, 1.54) is 0 Å². The molecule has 0 spiro atoms. The molecule has 0 unspecified atom stereocenters. The number of benzene rings is 1. The molecule has 1 saturated heterocycles. The summed E-state index contributed by atoms with van der Waals surface area (Å²) in [7, 11) is 0. The van der Waals surface area contributed by atoms with Gasteiger partial charge in [0.1, 0.15) is 0 Å². The fourth-order valence-corrected chi connectivity index (χ4v) is 4.03. The average molecular weight is 307 g/mol. The number of rotatable bonds is 4. The van der Waals surface area contributed by atoms with E-state index in [-0.39, 0.29) is 5.91 Å². The number of thioether (sulfide) groups is 1. The Balaban J connectivity index is 1.52. The van der Waals surface area contributed by atoms with Crippen LogP contribution in [0.5, 0.6) is 0 Å². The normalized spacial score (nSPS) is 16.4. The summed E-state index contributed by atoms with van der Waals surface area (Å²) in [4.78, 5) is 16.2. The maximum Gasteiger partial charge on any atom is 0.234 e. The topological polar surface area (TPSA) is 54.0 Å². The van der Waals surface area contributed by atoms with Gasteiger partial charge in [0, 0.05) is 10.9 Å². The molecule has 0 radical (unpaired) electrons. The first kappa shape index (κ1) is 13.9. The molecule has 4 nitrogen and oxygen atoms in total. The van der Waals surface area contributed by atoms with Gasteiger partial charge >= 0.3 is 0 Å². The molecule has 0 bridgehead atoms. The lowest BCUT2D eigenvalue weighted by atomic mass is 10.2. The highest BCUT2D eigenvalue weighted by atomic mass is 32.2. The minimum absolute atomic E-state index is 0.0809. The lowest BCUT2D eigenvalue weighted by Gasteiger charge is -2.21. The van der Waals surface area contributed by atoms with Crippen molar-refractivity contribution in [3.05, 3.63) is 23.7 Å². The van der Waals surface area contributed by atoms with E-state index < -0.39 is 0 Å². The van der Waals surface area contributed by atoms with Crippen molar-refractivity contribution in [3.8, 4) is 0 Å². The molecular formula is C14H17N3OS2. The molecule has 1 fully saturated rings. The van der Waals surface area contributed by atoms with Crippen molar-refractivity contribution in [2.24, 2.45) is 0 Å². The van der Waals surface area contributed by atoms with Gasteiger partial charge in [0.15, 0.2) is 0 Å². The quantitative estimate of drug-likeness (QED) is 0.912. The molecule has 0 saturated carbocycles. The summed E-state index contributed by atoms with van der Waals surface area (Å²) in [6, 6.07) is 5.84. The number of anilines is 1. The van der Waals surface area contributed by atoms with Crippen LogP contribution in [-0.2, 0) is 4.79 Å². The second kappa shape index (κ2) is 6.56. The third-order valence-electron chi connectivity index (χ3n) is 3.35. The third-order valence-corrected chi connectivity index (χ3v) is 5.51. The van der Waals surface area contributed by atoms with Crippen molar-refractivity contribution in [2.75, 3.05) is 24.2 Å². The van der Waals surface area contributed by atoms with Crippen molar-refractivity contribution < 1.29 is 4.79 Å². The van der Waals surface area contributed by atoms with Crippen molar-refractivity contribution in [3.63, 3.8) is 0 Å². The van der Waals surface area contributed by atoms with E-state index in [1.807, 2.05) is 23.7 Å². The van der Waals surface area contributed by atoms with Crippen molar-refractivity contribution in [1.82, 2.24) is 10.3 Å². The zero-order valence-electron chi connectivity index (χ0n) is 11.1. The third kappa shape index (κ3) is 3.50. The molecule has 3 rings (SSSR count). The van der Waals surface area contributed by atoms with E-state index in [1.54, 1.807) is 23.1 Å². The number of hydrogen-bond acceptors (Lipinski definition) is 5. The standard InChI is InChI=1S/C14H17N3OS2/c18-14(8-19-11-3-5-15-6-4-11)17-10-1-2-12-13(7-10)20-9-16-12/h1-2,7,9,11,15H,3-6,8H2,(H,17,18). The summed E-state index contributed by atoms with van der Waals surface area (Å²) in [6.07, 6.45) is 2.32. The van der Waals surface area contributed by atoms with E-state index in [9.17, 15) is 4.79 Å². The largest absolute Gasteiger partial charge is 0.325 e. The van der Waals surface area contributed by atoms with E-state index in [2.05, 4.69) is 15.6 Å². The minimum atomic E-state index is 0.0809. The molecule has 1 aliphatic heterocycles. The first-order valence-corrected chi connectivity index (χ1v) is 8.69. The predicted molar refractivity (Wildman–Crippen MR) is 86.6 cm³/mol. The number of nitrogens with one attached hydrogen (secondary N) is 2. The van der Waals surface area contributed by atoms with Gasteiger partial charge in [0.2, 0.25) is 5.91 Å². The Morgan fingerprint density at radius 1 is 1.45 bits per heavy atom. The summed E-state index contributed by atoms with van der Waals surface area (Å²) < 4.78 is 1.11. The fourth-order valence-electron chi connectivity index (χ4n) is 2.29. The minimum Gasteiger partial charge on any atom is -0.325 e. The molecular weight excluding hydrogens is 290 g/mol. The van der Waals surface area contributed by atoms with Crippen LogP contribution in [0, 0.1) is 0 Å². The lowest BCUT2D eigenvalue weighted by Crippen LogP contribution is -2.30. The highest BCUT2D eigenvalue weighted by Gasteiger charge is 2.15. The molecule has 1 aliphatic rings. The van der Waals surface area contributed by atoms with Gasteiger partial charge in [-0.25, -0.2) is 4.98 Å². The summed E-state index contributed by atoms with van der Waals surface area (Å²) in [5.41, 5.74) is 3.67. The van der Waals surface area contributed by atoms with Gasteiger partial charge in [-0.2, -0.15) is 0 Å². The zero-order valence-corrected chi connectivity index (χ0v) is 12.7. The Morgan fingerprint density at radius 2 is 2.30 bits per heavy atom. The molecule has 0 atom stereocenters. The van der Waals surface area contributed by atoms with Crippen molar-refractivity contribution >= 4 is 44.9 Å². The first-order chi connectivity index (χ1) is 9.81. The molecule has 2 heterocycles. The van der Waals surface area contributed by atoms with Gasteiger partial charge < -0.3 is 10.6 Å². The number of carbonyl (C=O) groups is 1. The molecule has 2 aromatic rings. The van der Waals surface area contributed by atoms with Crippen LogP contribution in [0.15, 0.2) is 23.7 Å². The van der Waals surface area contributed by atoms with Crippen LogP contribution in [0.3, 0.4) is 0 Å². The molecule has 2 N–H and O–H groups in total. The Bertz CT molecular complexity index is 593. The highest BCUT2D eigenvalue weighted by Crippen LogP contribution is 2.23. The Kier molecular flexibility index (Phi) is 4.54.